The van der Waals surface area contributed by atoms with Crippen LogP contribution in [0.15, 0.2) is 36.4 Å². The minimum Gasteiger partial charge on any atom is -0.484 e. The second kappa shape index (κ2) is 7.83. The van der Waals surface area contributed by atoms with E-state index in [1.165, 1.54) is 6.07 Å². The van der Waals surface area contributed by atoms with Crippen molar-refractivity contribution in [1.82, 2.24) is 5.32 Å². The van der Waals surface area contributed by atoms with Crippen molar-refractivity contribution < 1.29 is 28.2 Å². The number of aryl methyl sites for hydroxylation is 1. The van der Waals surface area contributed by atoms with E-state index in [0.29, 0.717) is 53.3 Å². The summed E-state index contributed by atoms with van der Waals surface area (Å²) in [6, 6.07) is 9.29. The maximum absolute atomic E-state index is 13.6. The van der Waals surface area contributed by atoms with E-state index in [1.54, 1.807) is 37.3 Å². The zero-order valence-electron chi connectivity index (χ0n) is 18.1. The lowest BCUT2D eigenvalue weighted by molar-refractivity contribution is -0.175. The van der Waals surface area contributed by atoms with Crippen LogP contribution >= 0.6 is 11.6 Å². The molecule has 0 saturated heterocycles. The quantitative estimate of drug-likeness (QED) is 0.654. The third kappa shape index (κ3) is 4.10. The molecule has 1 aliphatic heterocycles. The second-order valence-electron chi connectivity index (χ2n) is 9.58. The van der Waals surface area contributed by atoms with Gasteiger partial charge in [0.2, 0.25) is 0 Å². The van der Waals surface area contributed by atoms with Crippen molar-refractivity contribution in [2.45, 2.75) is 50.7 Å². The number of ketones is 2. The van der Waals surface area contributed by atoms with Gasteiger partial charge in [-0.15, -0.1) is 0 Å². The van der Waals surface area contributed by atoms with Crippen molar-refractivity contribution in [2.75, 3.05) is 6.61 Å². The molecule has 1 heterocycles. The molecule has 6 rings (SSSR count). The molecule has 1 N–H and O–H groups in total. The molecule has 0 unspecified atom stereocenters. The molecule has 3 aliphatic carbocycles. The lowest BCUT2D eigenvalue weighted by atomic mass is 9.38. The first-order chi connectivity index (χ1) is 15.7. The van der Waals surface area contributed by atoms with Crippen molar-refractivity contribution in [2.24, 2.45) is 5.41 Å². The van der Waals surface area contributed by atoms with Gasteiger partial charge in [0.25, 0.3) is 5.91 Å². The topological polar surface area (TPSA) is 81.7 Å². The first-order valence-electron chi connectivity index (χ1n) is 10.9. The van der Waals surface area contributed by atoms with Gasteiger partial charge in [0.05, 0.1) is 12.0 Å². The third-order valence-electron chi connectivity index (χ3n) is 6.85. The van der Waals surface area contributed by atoms with Crippen molar-refractivity contribution in [3.05, 3.63) is 58.4 Å². The molecule has 3 saturated carbocycles. The molecule has 1 atom stereocenters. The molecule has 6 nitrogen and oxygen atoms in total. The van der Waals surface area contributed by atoms with E-state index in [-0.39, 0.29) is 47.3 Å². The Morgan fingerprint density at radius 2 is 1.97 bits per heavy atom. The molecular formula is C25H23ClFNO5. The van der Waals surface area contributed by atoms with Gasteiger partial charge in [0.1, 0.15) is 17.3 Å². The molecule has 1 amide bonds. The zero-order valence-corrected chi connectivity index (χ0v) is 18.8. The van der Waals surface area contributed by atoms with Crippen LogP contribution in [0.1, 0.15) is 48.0 Å². The maximum atomic E-state index is 13.6. The Morgan fingerprint density at radius 3 is 2.70 bits per heavy atom. The summed E-state index contributed by atoms with van der Waals surface area (Å²) in [5.41, 5.74) is 0.482. The maximum Gasteiger partial charge on any atom is 0.258 e. The number of Topliss-reactive ketones (excluding diaryl/α,β-unsaturated/α-hetero) is 2. The molecule has 0 aromatic heterocycles. The highest BCUT2D eigenvalue weighted by atomic mass is 35.5. The minimum atomic E-state index is -0.783. The second-order valence-corrected chi connectivity index (χ2v) is 10.0. The van der Waals surface area contributed by atoms with Gasteiger partial charge in [-0.2, -0.15) is 0 Å². The summed E-state index contributed by atoms with van der Waals surface area (Å²) in [5, 5.41) is 3.44. The number of ether oxygens (including phenoxy) is 2. The summed E-state index contributed by atoms with van der Waals surface area (Å²) in [4.78, 5) is 37.6. The van der Waals surface area contributed by atoms with Crippen molar-refractivity contribution in [1.29, 1.82) is 0 Å². The van der Waals surface area contributed by atoms with Crippen LogP contribution in [0.25, 0.3) is 0 Å². The molecule has 172 valence electrons. The number of hydrogen-bond acceptors (Lipinski definition) is 5. The Labute approximate surface area is 195 Å². The molecule has 2 bridgehead atoms. The Balaban J connectivity index is 1.10. The van der Waals surface area contributed by atoms with Gasteiger partial charge in [0, 0.05) is 23.0 Å². The van der Waals surface area contributed by atoms with Gasteiger partial charge in [-0.25, -0.2) is 4.39 Å². The van der Waals surface area contributed by atoms with E-state index in [0.717, 1.165) is 0 Å². The van der Waals surface area contributed by atoms with Gasteiger partial charge in [-0.1, -0.05) is 17.7 Å². The molecule has 2 aromatic carbocycles. The zero-order chi connectivity index (χ0) is 23.4. The lowest BCUT2D eigenvalue weighted by Gasteiger charge is -2.70. The van der Waals surface area contributed by atoms with Crippen molar-refractivity contribution in [3.63, 3.8) is 0 Å². The smallest absolute Gasteiger partial charge is 0.258 e. The Bertz CT molecular complexity index is 1160. The standard InChI is InChI=1S/C25H23ClFNO5/c1-14-2-4-16(7-18(14)27)32-10-23(31)28-25-11-24(12-25,13-25)9-20(30)22-8-19(29)17-6-15(26)3-5-21(17)33-22/h2-7,22H,8-13H2,1H3,(H,28,31)/t22-,24?,25?/m1/s1. The molecule has 8 heteroatoms. The Kier molecular flexibility index (Phi) is 5.20. The summed E-state index contributed by atoms with van der Waals surface area (Å²) in [7, 11) is 0. The summed E-state index contributed by atoms with van der Waals surface area (Å²) in [6.45, 7) is 1.46. The predicted molar refractivity (Wildman–Crippen MR) is 118 cm³/mol. The van der Waals surface area contributed by atoms with E-state index in [2.05, 4.69) is 5.32 Å². The number of halogens is 2. The SMILES string of the molecule is Cc1ccc(OCC(=O)NC23CC(CC(=O)[C@H]4CC(=O)c5cc(Cl)ccc5O4)(C2)C3)cc1F. The van der Waals surface area contributed by atoms with Crippen LogP contribution in [-0.2, 0) is 9.59 Å². The number of nitrogens with one attached hydrogen (secondary N) is 1. The van der Waals surface area contributed by atoms with Crippen molar-refractivity contribution in [3.8, 4) is 11.5 Å². The van der Waals surface area contributed by atoms with E-state index >= 15 is 0 Å². The number of amides is 1. The molecule has 33 heavy (non-hydrogen) atoms. The van der Waals surface area contributed by atoms with Gasteiger partial charge in [0.15, 0.2) is 24.3 Å². The Morgan fingerprint density at radius 1 is 1.21 bits per heavy atom. The van der Waals surface area contributed by atoms with Crippen LogP contribution in [0.4, 0.5) is 4.39 Å². The summed E-state index contributed by atoms with van der Waals surface area (Å²) in [6.07, 6.45) is 1.69. The Hall–Kier alpha value is -2.93. The normalized spacial score (nSPS) is 26.9. The van der Waals surface area contributed by atoms with Crippen LogP contribution in [0.3, 0.4) is 0 Å². The van der Waals surface area contributed by atoms with Gasteiger partial charge < -0.3 is 14.8 Å². The number of rotatable bonds is 7. The fourth-order valence-electron chi connectivity index (χ4n) is 5.42. The van der Waals surface area contributed by atoms with E-state index in [4.69, 9.17) is 21.1 Å². The van der Waals surface area contributed by atoms with Crippen LogP contribution in [0, 0.1) is 18.2 Å². The van der Waals surface area contributed by atoms with Crippen LogP contribution < -0.4 is 14.8 Å². The fraction of sp³-hybridized carbons (Fsp3) is 0.400. The van der Waals surface area contributed by atoms with Crippen LogP contribution in [-0.4, -0.2) is 35.7 Å². The van der Waals surface area contributed by atoms with E-state index in [1.807, 2.05) is 0 Å². The molecule has 0 spiro atoms. The highest BCUT2D eigenvalue weighted by molar-refractivity contribution is 6.31. The highest BCUT2D eigenvalue weighted by Gasteiger charge is 2.68. The summed E-state index contributed by atoms with van der Waals surface area (Å²) >= 11 is 5.94. The molecule has 3 fully saturated rings. The summed E-state index contributed by atoms with van der Waals surface area (Å²) in [5.74, 6) is -0.190. The average Bonchev–Trinajstić information content (AvgIpc) is 2.72. The number of carbonyl (C=O) groups is 3. The van der Waals surface area contributed by atoms with Crippen LogP contribution in [0.5, 0.6) is 11.5 Å². The number of hydrogen-bond donors (Lipinski definition) is 1. The number of benzene rings is 2. The van der Waals surface area contributed by atoms with Gasteiger partial charge >= 0.3 is 0 Å². The first kappa shape index (κ1) is 21.9. The first-order valence-corrected chi connectivity index (χ1v) is 11.3. The molecule has 2 aromatic rings. The van der Waals surface area contributed by atoms with E-state index < -0.39 is 6.10 Å². The van der Waals surface area contributed by atoms with Crippen LogP contribution in [0.2, 0.25) is 5.02 Å². The van der Waals surface area contributed by atoms with E-state index in [9.17, 15) is 18.8 Å². The number of fused-ring (bicyclic) bond motifs is 1. The highest BCUT2D eigenvalue weighted by Crippen LogP contribution is 2.69. The lowest BCUT2D eigenvalue weighted by Crippen LogP contribution is -2.75. The third-order valence-corrected chi connectivity index (χ3v) is 7.08. The molecule has 4 aliphatic rings. The largest absolute Gasteiger partial charge is 0.484 e. The minimum absolute atomic E-state index is 0.0150. The number of carbonyl (C=O) groups excluding carboxylic acids is 3. The van der Waals surface area contributed by atoms with Crippen molar-refractivity contribution >= 4 is 29.1 Å². The average molecular weight is 472 g/mol. The van der Waals surface area contributed by atoms with Gasteiger partial charge in [-0.05, 0) is 61.4 Å². The molecular weight excluding hydrogens is 449 g/mol. The fourth-order valence-corrected chi connectivity index (χ4v) is 5.59. The molecule has 0 radical (unpaired) electrons. The van der Waals surface area contributed by atoms with Gasteiger partial charge in [-0.3, -0.25) is 14.4 Å². The predicted octanol–water partition coefficient (Wildman–Crippen LogP) is 4.20. The monoisotopic (exact) mass is 471 g/mol. The summed E-state index contributed by atoms with van der Waals surface area (Å²) < 4.78 is 24.8.